The van der Waals surface area contributed by atoms with Crippen LogP contribution in [-0.4, -0.2) is 33.9 Å². The molecule has 0 saturated carbocycles. The Balaban J connectivity index is 1.60. The second-order valence-corrected chi connectivity index (χ2v) is 6.04. The Labute approximate surface area is 130 Å². The van der Waals surface area contributed by atoms with Crippen molar-refractivity contribution in [3.05, 3.63) is 35.7 Å². The summed E-state index contributed by atoms with van der Waals surface area (Å²) in [6.45, 7) is 6.21. The zero-order valence-electron chi connectivity index (χ0n) is 13.1. The molecule has 0 atom stereocenters. The van der Waals surface area contributed by atoms with Gasteiger partial charge in [-0.3, -0.25) is 9.69 Å². The number of nitrogens with zero attached hydrogens (tertiary/aromatic N) is 3. The number of carbonyl (C=O) groups excluding carboxylic acids is 1. The minimum Gasteiger partial charge on any atom is -0.338 e. The highest BCUT2D eigenvalue weighted by Gasteiger charge is 2.23. The maximum Gasteiger partial charge on any atom is 0.241 e. The van der Waals surface area contributed by atoms with Crippen LogP contribution in [0.15, 0.2) is 28.8 Å². The highest BCUT2D eigenvalue weighted by molar-refractivity contribution is 5.78. The SMILES string of the molecule is CC(=O)C1CCN(Cc2nc(-c3ccc(C)cc3)no2)CC1. The lowest BCUT2D eigenvalue weighted by Gasteiger charge is -2.29. The van der Waals surface area contributed by atoms with Crippen molar-refractivity contribution in [2.24, 2.45) is 5.92 Å². The fourth-order valence-electron chi connectivity index (χ4n) is 2.83. The molecule has 1 aliphatic rings. The van der Waals surface area contributed by atoms with Crippen LogP contribution in [0.5, 0.6) is 0 Å². The van der Waals surface area contributed by atoms with E-state index in [1.54, 1.807) is 6.92 Å². The molecule has 2 aromatic rings. The standard InChI is InChI=1S/C17H21N3O2/c1-12-3-5-15(6-4-12)17-18-16(22-19-17)11-20-9-7-14(8-10-20)13(2)21/h3-6,14H,7-11H2,1-2H3. The third-order valence-electron chi connectivity index (χ3n) is 4.30. The van der Waals surface area contributed by atoms with Crippen molar-refractivity contribution >= 4 is 5.78 Å². The maximum absolute atomic E-state index is 11.4. The van der Waals surface area contributed by atoms with Gasteiger partial charge in [-0.05, 0) is 39.8 Å². The predicted molar refractivity (Wildman–Crippen MR) is 83.2 cm³/mol. The summed E-state index contributed by atoms with van der Waals surface area (Å²) < 4.78 is 5.36. The topological polar surface area (TPSA) is 59.2 Å². The van der Waals surface area contributed by atoms with Crippen LogP contribution in [-0.2, 0) is 11.3 Å². The van der Waals surface area contributed by atoms with Gasteiger partial charge in [-0.15, -0.1) is 0 Å². The largest absolute Gasteiger partial charge is 0.338 e. The molecule has 1 aromatic carbocycles. The molecule has 5 heteroatoms. The Bertz CT molecular complexity index is 640. The number of rotatable bonds is 4. The maximum atomic E-state index is 11.4. The van der Waals surface area contributed by atoms with Crippen LogP contribution in [0.4, 0.5) is 0 Å². The Morgan fingerprint density at radius 3 is 2.59 bits per heavy atom. The Kier molecular flexibility index (Phi) is 4.34. The van der Waals surface area contributed by atoms with E-state index in [4.69, 9.17) is 4.52 Å². The van der Waals surface area contributed by atoms with E-state index in [-0.39, 0.29) is 5.92 Å². The van der Waals surface area contributed by atoms with E-state index in [0.29, 0.717) is 24.0 Å². The highest BCUT2D eigenvalue weighted by atomic mass is 16.5. The summed E-state index contributed by atoms with van der Waals surface area (Å²) in [6.07, 6.45) is 1.85. The highest BCUT2D eigenvalue weighted by Crippen LogP contribution is 2.21. The summed E-state index contributed by atoms with van der Waals surface area (Å²) in [6, 6.07) is 8.08. The van der Waals surface area contributed by atoms with Crippen LogP contribution in [0.25, 0.3) is 11.4 Å². The van der Waals surface area contributed by atoms with Gasteiger partial charge >= 0.3 is 0 Å². The summed E-state index contributed by atoms with van der Waals surface area (Å²) in [5, 5.41) is 4.06. The third-order valence-corrected chi connectivity index (χ3v) is 4.30. The molecule has 22 heavy (non-hydrogen) atoms. The first kappa shape index (κ1) is 14.9. The molecule has 0 spiro atoms. The van der Waals surface area contributed by atoms with Gasteiger partial charge in [0.1, 0.15) is 5.78 Å². The van der Waals surface area contributed by atoms with Crippen molar-refractivity contribution in [2.45, 2.75) is 33.2 Å². The Morgan fingerprint density at radius 1 is 1.27 bits per heavy atom. The molecule has 0 amide bonds. The predicted octanol–water partition coefficient (Wildman–Crippen LogP) is 2.85. The second-order valence-electron chi connectivity index (χ2n) is 6.04. The van der Waals surface area contributed by atoms with Gasteiger partial charge in [0.25, 0.3) is 0 Å². The van der Waals surface area contributed by atoms with Gasteiger partial charge in [-0.25, -0.2) is 0 Å². The molecule has 1 aliphatic heterocycles. The quantitative estimate of drug-likeness (QED) is 0.869. The van der Waals surface area contributed by atoms with Crippen LogP contribution < -0.4 is 0 Å². The first-order valence-corrected chi connectivity index (χ1v) is 7.74. The van der Waals surface area contributed by atoms with Crippen molar-refractivity contribution in [2.75, 3.05) is 13.1 Å². The number of carbonyl (C=O) groups is 1. The van der Waals surface area contributed by atoms with Crippen molar-refractivity contribution in [1.82, 2.24) is 15.0 Å². The van der Waals surface area contributed by atoms with Gasteiger partial charge in [-0.1, -0.05) is 35.0 Å². The number of ketones is 1. The molecule has 2 heterocycles. The monoisotopic (exact) mass is 299 g/mol. The first-order chi connectivity index (χ1) is 10.6. The summed E-state index contributed by atoms with van der Waals surface area (Å²) in [7, 11) is 0. The molecule has 0 aliphatic carbocycles. The summed E-state index contributed by atoms with van der Waals surface area (Å²) in [4.78, 5) is 18.1. The molecule has 3 rings (SSSR count). The van der Waals surface area contributed by atoms with Crippen molar-refractivity contribution in [1.29, 1.82) is 0 Å². The molecule has 0 N–H and O–H groups in total. The van der Waals surface area contributed by atoms with Gasteiger partial charge < -0.3 is 4.52 Å². The van der Waals surface area contributed by atoms with Crippen molar-refractivity contribution in [3.8, 4) is 11.4 Å². The summed E-state index contributed by atoms with van der Waals surface area (Å²) in [5.41, 5.74) is 2.18. The number of hydrogen-bond donors (Lipinski definition) is 0. The van der Waals surface area contributed by atoms with Crippen LogP contribution in [0.3, 0.4) is 0 Å². The zero-order valence-corrected chi connectivity index (χ0v) is 13.1. The normalized spacial score (nSPS) is 16.8. The number of hydrogen-bond acceptors (Lipinski definition) is 5. The molecule has 0 radical (unpaired) electrons. The number of aromatic nitrogens is 2. The minimum absolute atomic E-state index is 0.224. The van der Waals surface area contributed by atoms with E-state index in [9.17, 15) is 4.79 Å². The minimum atomic E-state index is 0.224. The molecular formula is C17H21N3O2. The second kappa shape index (κ2) is 6.40. The Morgan fingerprint density at radius 2 is 1.95 bits per heavy atom. The average Bonchev–Trinajstić information content (AvgIpc) is 2.97. The number of likely N-dealkylation sites (tertiary alicyclic amines) is 1. The fraction of sp³-hybridized carbons (Fsp3) is 0.471. The van der Waals surface area contributed by atoms with Crippen LogP contribution >= 0.6 is 0 Å². The summed E-state index contributed by atoms with van der Waals surface area (Å²) in [5.74, 6) is 1.80. The number of benzene rings is 1. The lowest BCUT2D eigenvalue weighted by molar-refractivity contribution is -0.122. The van der Waals surface area contributed by atoms with E-state index in [1.165, 1.54) is 5.56 Å². The van der Waals surface area contributed by atoms with Gasteiger partial charge in [0.05, 0.1) is 6.54 Å². The molecular weight excluding hydrogens is 278 g/mol. The number of Topliss-reactive ketones (excluding diaryl/α,β-unsaturated/α-hetero) is 1. The smallest absolute Gasteiger partial charge is 0.241 e. The molecule has 5 nitrogen and oxygen atoms in total. The zero-order chi connectivity index (χ0) is 15.5. The Hall–Kier alpha value is -2.01. The molecule has 1 aromatic heterocycles. The average molecular weight is 299 g/mol. The first-order valence-electron chi connectivity index (χ1n) is 7.74. The van der Waals surface area contributed by atoms with Crippen LogP contribution in [0.1, 0.15) is 31.2 Å². The molecule has 0 unspecified atom stereocenters. The van der Waals surface area contributed by atoms with Gasteiger partial charge in [0.15, 0.2) is 0 Å². The van der Waals surface area contributed by atoms with E-state index in [1.807, 2.05) is 24.3 Å². The van der Waals surface area contributed by atoms with Crippen molar-refractivity contribution < 1.29 is 9.32 Å². The van der Waals surface area contributed by atoms with E-state index >= 15 is 0 Å². The lowest BCUT2D eigenvalue weighted by Crippen LogP contribution is -2.35. The van der Waals surface area contributed by atoms with Crippen LogP contribution in [0, 0.1) is 12.8 Å². The molecule has 116 valence electrons. The van der Waals surface area contributed by atoms with Gasteiger partial charge in [-0.2, -0.15) is 4.98 Å². The van der Waals surface area contributed by atoms with Gasteiger partial charge in [0.2, 0.25) is 11.7 Å². The molecule has 1 fully saturated rings. The van der Waals surface area contributed by atoms with Gasteiger partial charge in [0, 0.05) is 11.5 Å². The van der Waals surface area contributed by atoms with Crippen LogP contribution in [0.2, 0.25) is 0 Å². The number of piperidine rings is 1. The third kappa shape index (κ3) is 3.42. The molecule has 1 saturated heterocycles. The number of aryl methyl sites for hydroxylation is 1. The van der Waals surface area contributed by atoms with E-state index in [0.717, 1.165) is 31.5 Å². The van der Waals surface area contributed by atoms with E-state index < -0.39 is 0 Å². The lowest BCUT2D eigenvalue weighted by atomic mass is 9.93. The fourth-order valence-corrected chi connectivity index (χ4v) is 2.83. The summed E-state index contributed by atoms with van der Waals surface area (Å²) >= 11 is 0. The molecule has 0 bridgehead atoms. The van der Waals surface area contributed by atoms with Crippen molar-refractivity contribution in [3.63, 3.8) is 0 Å². The van der Waals surface area contributed by atoms with E-state index in [2.05, 4.69) is 22.0 Å².